The number of rotatable bonds is 3. The Kier molecular flexibility index (Phi) is 3.75. The topological polar surface area (TPSA) is 9.23 Å². The van der Waals surface area contributed by atoms with Crippen LogP contribution in [0.15, 0.2) is 29.6 Å². The van der Waals surface area contributed by atoms with E-state index in [1.54, 1.807) is 18.4 Å². The van der Waals surface area contributed by atoms with Gasteiger partial charge in [-0.15, -0.1) is 22.9 Å². The van der Waals surface area contributed by atoms with E-state index in [2.05, 4.69) is 24.4 Å². The maximum atomic E-state index is 6.52. The molecule has 3 heteroatoms. The summed E-state index contributed by atoms with van der Waals surface area (Å²) in [6.07, 6.45) is 0. The van der Waals surface area contributed by atoms with Gasteiger partial charge in [0, 0.05) is 4.88 Å². The first kappa shape index (κ1) is 12.5. The zero-order chi connectivity index (χ0) is 12.4. The van der Waals surface area contributed by atoms with Crippen LogP contribution in [-0.4, -0.2) is 7.11 Å². The Morgan fingerprint density at radius 1 is 1.18 bits per heavy atom. The van der Waals surface area contributed by atoms with Crippen molar-refractivity contribution in [3.8, 4) is 5.75 Å². The molecule has 0 amide bonds. The Hall–Kier alpha value is -0.990. The number of benzene rings is 1. The van der Waals surface area contributed by atoms with Crippen molar-refractivity contribution in [3.05, 3.63) is 51.2 Å². The van der Waals surface area contributed by atoms with Gasteiger partial charge in [0.2, 0.25) is 0 Å². The summed E-state index contributed by atoms with van der Waals surface area (Å²) in [5.41, 5.74) is 3.49. The summed E-state index contributed by atoms with van der Waals surface area (Å²) in [7, 11) is 1.68. The summed E-state index contributed by atoms with van der Waals surface area (Å²) in [6.45, 7) is 4.13. The van der Waals surface area contributed by atoms with Crippen LogP contribution in [0.1, 0.15) is 26.9 Å². The molecule has 0 aliphatic carbocycles. The summed E-state index contributed by atoms with van der Waals surface area (Å²) in [5.74, 6) is 0.903. The van der Waals surface area contributed by atoms with Crippen molar-refractivity contribution in [2.45, 2.75) is 19.2 Å². The molecule has 1 aromatic carbocycles. The maximum absolute atomic E-state index is 6.52. The van der Waals surface area contributed by atoms with E-state index in [1.807, 2.05) is 19.1 Å². The van der Waals surface area contributed by atoms with Gasteiger partial charge >= 0.3 is 0 Å². The van der Waals surface area contributed by atoms with Gasteiger partial charge in [0.05, 0.1) is 12.5 Å². The lowest BCUT2D eigenvalue weighted by Crippen LogP contribution is -1.95. The van der Waals surface area contributed by atoms with Crippen molar-refractivity contribution >= 4 is 22.9 Å². The third-order valence-corrected chi connectivity index (χ3v) is 4.53. The van der Waals surface area contributed by atoms with Gasteiger partial charge in [0.25, 0.3) is 0 Å². The lowest BCUT2D eigenvalue weighted by Gasteiger charge is -2.12. The summed E-state index contributed by atoms with van der Waals surface area (Å²) in [6, 6.07) is 8.20. The molecule has 0 saturated carbocycles. The minimum atomic E-state index is -0.0698. The fourth-order valence-electron chi connectivity index (χ4n) is 1.85. The zero-order valence-electron chi connectivity index (χ0n) is 10.2. The highest BCUT2D eigenvalue weighted by atomic mass is 35.5. The monoisotopic (exact) mass is 266 g/mol. The molecular weight excluding hydrogens is 252 g/mol. The quantitative estimate of drug-likeness (QED) is 0.732. The Morgan fingerprint density at radius 2 is 1.94 bits per heavy atom. The fourth-order valence-corrected chi connectivity index (χ4v) is 3.25. The molecule has 0 aliphatic heterocycles. The molecule has 2 rings (SSSR count). The molecule has 0 aliphatic rings. The van der Waals surface area contributed by atoms with Gasteiger partial charge in [-0.2, -0.15) is 0 Å². The lowest BCUT2D eigenvalue weighted by atomic mass is 10.1. The smallest absolute Gasteiger partial charge is 0.121 e. The van der Waals surface area contributed by atoms with Crippen molar-refractivity contribution < 1.29 is 4.74 Å². The van der Waals surface area contributed by atoms with Crippen molar-refractivity contribution in [2.24, 2.45) is 0 Å². The number of methoxy groups -OCH3 is 1. The van der Waals surface area contributed by atoms with Gasteiger partial charge in [-0.3, -0.25) is 0 Å². The molecule has 17 heavy (non-hydrogen) atoms. The van der Waals surface area contributed by atoms with Crippen LogP contribution in [0.3, 0.4) is 0 Å². The van der Waals surface area contributed by atoms with E-state index in [0.29, 0.717) is 0 Å². The average Bonchev–Trinajstić information content (AvgIpc) is 2.74. The highest BCUT2D eigenvalue weighted by Gasteiger charge is 2.15. The number of hydrogen-bond acceptors (Lipinski definition) is 2. The summed E-state index contributed by atoms with van der Waals surface area (Å²) >= 11 is 8.22. The first-order valence-electron chi connectivity index (χ1n) is 5.46. The number of alkyl halides is 1. The van der Waals surface area contributed by atoms with E-state index in [9.17, 15) is 0 Å². The van der Waals surface area contributed by atoms with E-state index in [4.69, 9.17) is 16.3 Å². The minimum absolute atomic E-state index is 0.0698. The number of hydrogen-bond donors (Lipinski definition) is 0. The van der Waals surface area contributed by atoms with Crippen LogP contribution in [0.4, 0.5) is 0 Å². The molecule has 1 atom stereocenters. The summed E-state index contributed by atoms with van der Waals surface area (Å²) < 4.78 is 5.25. The summed E-state index contributed by atoms with van der Waals surface area (Å²) in [4.78, 5) is 1.22. The van der Waals surface area contributed by atoms with E-state index in [1.165, 1.54) is 10.4 Å². The number of ether oxygens (including phenoxy) is 1. The lowest BCUT2D eigenvalue weighted by molar-refractivity contribution is 0.411. The van der Waals surface area contributed by atoms with Crippen LogP contribution in [0.25, 0.3) is 0 Å². The predicted molar refractivity (Wildman–Crippen MR) is 74.5 cm³/mol. The second kappa shape index (κ2) is 5.11. The minimum Gasteiger partial charge on any atom is -0.496 e. The fraction of sp³-hybridized carbons (Fsp3) is 0.286. The second-order valence-electron chi connectivity index (χ2n) is 4.06. The highest BCUT2D eigenvalue weighted by Crippen LogP contribution is 2.36. The van der Waals surface area contributed by atoms with Gasteiger partial charge in [-0.1, -0.05) is 12.1 Å². The third-order valence-electron chi connectivity index (χ3n) is 2.84. The Morgan fingerprint density at radius 3 is 2.47 bits per heavy atom. The van der Waals surface area contributed by atoms with E-state index in [-0.39, 0.29) is 5.38 Å². The van der Waals surface area contributed by atoms with Crippen molar-refractivity contribution in [3.63, 3.8) is 0 Å². The first-order valence-corrected chi connectivity index (χ1v) is 6.77. The third kappa shape index (κ3) is 2.48. The van der Waals surface area contributed by atoms with Gasteiger partial charge in [0.1, 0.15) is 5.75 Å². The normalized spacial score (nSPS) is 12.5. The molecule has 0 radical (unpaired) electrons. The number of halogens is 1. The molecule has 0 spiro atoms. The standard InChI is InChI=1S/C14H15ClOS/c1-9-6-7-17-14(9)13(15)11-4-5-12(16-3)10(2)8-11/h4-8,13H,1-3H3. The molecule has 1 aromatic heterocycles. The first-order chi connectivity index (χ1) is 8.13. The predicted octanol–water partition coefficient (Wildman–Crippen LogP) is 4.70. The van der Waals surface area contributed by atoms with E-state index in [0.717, 1.165) is 16.9 Å². The van der Waals surface area contributed by atoms with Crippen LogP contribution in [0.5, 0.6) is 5.75 Å². The maximum Gasteiger partial charge on any atom is 0.121 e. The molecule has 1 heterocycles. The van der Waals surface area contributed by atoms with Crippen LogP contribution in [-0.2, 0) is 0 Å². The Bertz CT molecular complexity index is 519. The van der Waals surface area contributed by atoms with Gasteiger partial charge in [0.15, 0.2) is 0 Å². The van der Waals surface area contributed by atoms with Crippen LogP contribution in [0, 0.1) is 13.8 Å². The molecule has 1 nitrogen and oxygen atoms in total. The molecule has 0 fully saturated rings. The number of thiophene rings is 1. The molecule has 1 unspecified atom stereocenters. The number of aryl methyl sites for hydroxylation is 2. The molecule has 0 N–H and O–H groups in total. The van der Waals surface area contributed by atoms with Gasteiger partial charge < -0.3 is 4.74 Å². The highest BCUT2D eigenvalue weighted by molar-refractivity contribution is 7.10. The molecule has 90 valence electrons. The Balaban J connectivity index is 2.35. The second-order valence-corrected chi connectivity index (χ2v) is 5.44. The molecule has 0 saturated heterocycles. The Labute approximate surface area is 111 Å². The molecule has 2 aromatic rings. The van der Waals surface area contributed by atoms with Crippen molar-refractivity contribution in [1.82, 2.24) is 0 Å². The average molecular weight is 267 g/mol. The van der Waals surface area contributed by atoms with Crippen LogP contribution < -0.4 is 4.74 Å². The van der Waals surface area contributed by atoms with Crippen molar-refractivity contribution in [2.75, 3.05) is 7.11 Å². The van der Waals surface area contributed by atoms with Crippen LogP contribution >= 0.6 is 22.9 Å². The zero-order valence-corrected chi connectivity index (χ0v) is 11.7. The largest absolute Gasteiger partial charge is 0.496 e. The van der Waals surface area contributed by atoms with E-state index >= 15 is 0 Å². The SMILES string of the molecule is COc1ccc(C(Cl)c2sccc2C)cc1C. The van der Waals surface area contributed by atoms with Crippen LogP contribution in [0.2, 0.25) is 0 Å². The molecule has 0 bridgehead atoms. The summed E-state index contributed by atoms with van der Waals surface area (Å²) in [5, 5.41) is 2.01. The van der Waals surface area contributed by atoms with Gasteiger partial charge in [-0.05, 0) is 48.1 Å². The van der Waals surface area contributed by atoms with E-state index < -0.39 is 0 Å². The molecular formula is C14H15ClOS. The van der Waals surface area contributed by atoms with Gasteiger partial charge in [-0.25, -0.2) is 0 Å². The van der Waals surface area contributed by atoms with Crippen molar-refractivity contribution in [1.29, 1.82) is 0 Å².